The fourth-order valence-electron chi connectivity index (χ4n) is 3.66. The highest BCUT2D eigenvalue weighted by Crippen LogP contribution is 2.35. The van der Waals surface area contributed by atoms with Gasteiger partial charge in [-0.3, -0.25) is 4.90 Å². The van der Waals surface area contributed by atoms with E-state index in [0.29, 0.717) is 11.6 Å². The fourth-order valence-corrected chi connectivity index (χ4v) is 3.66. The molecule has 2 heteroatoms. The molecular weight excluding hydrogens is 244 g/mol. The predicted octanol–water partition coefficient (Wildman–Crippen LogP) is 3.77. The maximum absolute atomic E-state index is 3.85. The molecule has 20 heavy (non-hydrogen) atoms. The SMILES string of the molecule is CCC1(CC)CNC(C)(c2ccccc2)CN1C(C)C. The Morgan fingerprint density at radius 2 is 1.75 bits per heavy atom. The molecule has 0 bridgehead atoms. The highest BCUT2D eigenvalue weighted by molar-refractivity contribution is 5.26. The van der Waals surface area contributed by atoms with Crippen LogP contribution in [-0.2, 0) is 5.54 Å². The third kappa shape index (κ3) is 2.64. The summed E-state index contributed by atoms with van der Waals surface area (Å²) in [6, 6.07) is 11.5. The molecule has 1 heterocycles. The molecule has 1 aromatic carbocycles. The minimum atomic E-state index is 0.0549. The van der Waals surface area contributed by atoms with Crippen molar-refractivity contribution in [2.75, 3.05) is 13.1 Å². The van der Waals surface area contributed by atoms with E-state index in [1.807, 2.05) is 0 Å². The molecule has 2 rings (SSSR count). The van der Waals surface area contributed by atoms with E-state index in [1.165, 1.54) is 18.4 Å². The lowest BCUT2D eigenvalue weighted by atomic mass is 9.80. The molecule has 1 aliphatic rings. The predicted molar refractivity (Wildman–Crippen MR) is 87.0 cm³/mol. The van der Waals surface area contributed by atoms with E-state index >= 15 is 0 Å². The van der Waals surface area contributed by atoms with E-state index in [1.54, 1.807) is 0 Å². The van der Waals surface area contributed by atoms with Crippen LogP contribution < -0.4 is 5.32 Å². The molecule has 1 fully saturated rings. The summed E-state index contributed by atoms with van der Waals surface area (Å²) in [5.74, 6) is 0. The molecule has 1 saturated heterocycles. The van der Waals surface area contributed by atoms with Crippen LogP contribution in [0, 0.1) is 0 Å². The van der Waals surface area contributed by atoms with Crippen molar-refractivity contribution in [1.82, 2.24) is 10.2 Å². The van der Waals surface area contributed by atoms with Crippen LogP contribution in [0.15, 0.2) is 30.3 Å². The van der Waals surface area contributed by atoms with Crippen molar-refractivity contribution >= 4 is 0 Å². The van der Waals surface area contributed by atoms with Gasteiger partial charge in [0.1, 0.15) is 0 Å². The number of piperazine rings is 1. The van der Waals surface area contributed by atoms with Gasteiger partial charge in [0.15, 0.2) is 0 Å². The highest BCUT2D eigenvalue weighted by atomic mass is 15.3. The molecule has 0 saturated carbocycles. The van der Waals surface area contributed by atoms with E-state index < -0.39 is 0 Å². The topological polar surface area (TPSA) is 15.3 Å². The van der Waals surface area contributed by atoms with Gasteiger partial charge in [-0.15, -0.1) is 0 Å². The zero-order valence-corrected chi connectivity index (χ0v) is 13.7. The molecule has 1 atom stereocenters. The van der Waals surface area contributed by atoms with Gasteiger partial charge >= 0.3 is 0 Å². The second-order valence-corrected chi connectivity index (χ2v) is 6.70. The number of hydrogen-bond acceptors (Lipinski definition) is 2. The van der Waals surface area contributed by atoms with E-state index in [2.05, 4.69) is 75.2 Å². The largest absolute Gasteiger partial charge is 0.305 e. The number of nitrogens with one attached hydrogen (secondary N) is 1. The number of benzene rings is 1. The normalized spacial score (nSPS) is 26.9. The first-order valence-electron chi connectivity index (χ1n) is 8.05. The highest BCUT2D eigenvalue weighted by Gasteiger charge is 2.45. The first-order valence-corrected chi connectivity index (χ1v) is 8.05. The first-order chi connectivity index (χ1) is 9.47. The van der Waals surface area contributed by atoms with Gasteiger partial charge in [-0.25, -0.2) is 0 Å². The quantitative estimate of drug-likeness (QED) is 0.899. The van der Waals surface area contributed by atoms with E-state index in [0.717, 1.165) is 13.1 Å². The molecule has 1 aliphatic heterocycles. The minimum Gasteiger partial charge on any atom is -0.305 e. The molecule has 1 unspecified atom stereocenters. The molecule has 0 amide bonds. The van der Waals surface area contributed by atoms with Crippen molar-refractivity contribution in [2.45, 2.75) is 64.6 Å². The van der Waals surface area contributed by atoms with Gasteiger partial charge < -0.3 is 5.32 Å². The average Bonchev–Trinajstić information content (AvgIpc) is 2.48. The Bertz CT molecular complexity index is 422. The molecule has 0 aliphatic carbocycles. The standard InChI is InChI=1S/C18H30N2/c1-6-18(7-2)13-19-17(5,14-20(18)15(3)4)16-11-9-8-10-12-16/h8-12,15,19H,6-7,13-14H2,1-5H3. The van der Waals surface area contributed by atoms with Crippen LogP contribution in [-0.4, -0.2) is 29.6 Å². The van der Waals surface area contributed by atoms with E-state index in [-0.39, 0.29) is 5.54 Å². The molecule has 1 aromatic rings. The van der Waals surface area contributed by atoms with Gasteiger partial charge in [0.25, 0.3) is 0 Å². The minimum absolute atomic E-state index is 0.0549. The zero-order chi connectivity index (χ0) is 14.8. The molecule has 1 N–H and O–H groups in total. The zero-order valence-electron chi connectivity index (χ0n) is 13.7. The van der Waals surface area contributed by atoms with Crippen LogP contribution in [0.1, 0.15) is 53.0 Å². The number of nitrogens with zero attached hydrogens (tertiary/aromatic N) is 1. The number of rotatable bonds is 4. The summed E-state index contributed by atoms with van der Waals surface area (Å²) in [6.07, 6.45) is 2.42. The third-order valence-corrected chi connectivity index (χ3v) is 5.25. The summed E-state index contributed by atoms with van der Waals surface area (Å²) in [5.41, 5.74) is 1.76. The Morgan fingerprint density at radius 1 is 1.15 bits per heavy atom. The Morgan fingerprint density at radius 3 is 2.25 bits per heavy atom. The molecule has 0 spiro atoms. The lowest BCUT2D eigenvalue weighted by molar-refractivity contribution is -0.0204. The van der Waals surface area contributed by atoms with Crippen molar-refractivity contribution in [3.63, 3.8) is 0 Å². The summed E-state index contributed by atoms with van der Waals surface area (Å²) in [7, 11) is 0. The van der Waals surface area contributed by atoms with E-state index in [4.69, 9.17) is 0 Å². The lowest BCUT2D eigenvalue weighted by Crippen LogP contribution is -2.69. The fraction of sp³-hybridized carbons (Fsp3) is 0.667. The van der Waals surface area contributed by atoms with Crippen molar-refractivity contribution in [3.05, 3.63) is 35.9 Å². The summed E-state index contributed by atoms with van der Waals surface area (Å²) < 4.78 is 0. The summed E-state index contributed by atoms with van der Waals surface area (Å²) >= 11 is 0. The smallest absolute Gasteiger partial charge is 0.0535 e. The van der Waals surface area contributed by atoms with Crippen molar-refractivity contribution in [3.8, 4) is 0 Å². The third-order valence-electron chi connectivity index (χ3n) is 5.25. The van der Waals surface area contributed by atoms with Gasteiger partial charge in [0.05, 0.1) is 5.54 Å². The molecular formula is C18H30N2. The maximum Gasteiger partial charge on any atom is 0.0535 e. The van der Waals surface area contributed by atoms with Gasteiger partial charge in [0, 0.05) is 24.7 Å². The first kappa shape index (κ1) is 15.5. The summed E-state index contributed by atoms with van der Waals surface area (Å²) in [6.45, 7) is 13.8. The van der Waals surface area contributed by atoms with Crippen LogP contribution in [0.4, 0.5) is 0 Å². The maximum atomic E-state index is 3.85. The summed E-state index contributed by atoms with van der Waals surface area (Å²) in [4.78, 5) is 2.72. The Hall–Kier alpha value is -0.860. The molecule has 2 nitrogen and oxygen atoms in total. The van der Waals surface area contributed by atoms with E-state index in [9.17, 15) is 0 Å². The Kier molecular flexibility index (Phi) is 4.55. The van der Waals surface area contributed by atoms with Crippen LogP contribution in [0.5, 0.6) is 0 Å². The lowest BCUT2D eigenvalue weighted by Gasteiger charge is -2.55. The van der Waals surface area contributed by atoms with Crippen LogP contribution in [0.3, 0.4) is 0 Å². The van der Waals surface area contributed by atoms with Crippen LogP contribution in [0.25, 0.3) is 0 Å². The molecule has 0 aromatic heterocycles. The average molecular weight is 274 g/mol. The molecule has 112 valence electrons. The van der Waals surface area contributed by atoms with Crippen LogP contribution in [0.2, 0.25) is 0 Å². The Labute approximate surface area is 124 Å². The van der Waals surface area contributed by atoms with Gasteiger partial charge in [-0.05, 0) is 39.2 Å². The van der Waals surface area contributed by atoms with Gasteiger partial charge in [-0.1, -0.05) is 44.2 Å². The Balaban J connectivity index is 2.31. The van der Waals surface area contributed by atoms with Gasteiger partial charge in [0.2, 0.25) is 0 Å². The van der Waals surface area contributed by atoms with Gasteiger partial charge in [-0.2, -0.15) is 0 Å². The van der Waals surface area contributed by atoms with Crippen LogP contribution >= 0.6 is 0 Å². The monoisotopic (exact) mass is 274 g/mol. The summed E-state index contributed by atoms with van der Waals surface area (Å²) in [5, 5.41) is 3.85. The second-order valence-electron chi connectivity index (χ2n) is 6.70. The van der Waals surface area contributed by atoms with Crippen molar-refractivity contribution in [1.29, 1.82) is 0 Å². The number of hydrogen-bond donors (Lipinski definition) is 1. The second kappa shape index (κ2) is 5.87. The van der Waals surface area contributed by atoms with Crippen molar-refractivity contribution < 1.29 is 0 Å². The van der Waals surface area contributed by atoms with Crippen molar-refractivity contribution in [2.24, 2.45) is 0 Å². The molecule has 0 radical (unpaired) electrons.